The zero-order valence-corrected chi connectivity index (χ0v) is 18.1. The molecule has 0 radical (unpaired) electrons. The highest BCUT2D eigenvalue weighted by atomic mass is 35.5. The molecular weight excluding hydrogens is 446 g/mol. The van der Waals surface area contributed by atoms with Crippen molar-refractivity contribution >= 4 is 61.7 Å². The molecule has 0 aromatic carbocycles. The van der Waals surface area contributed by atoms with Crippen LogP contribution in [0.2, 0.25) is 4.34 Å². The van der Waals surface area contributed by atoms with Crippen molar-refractivity contribution in [3.8, 4) is 9.88 Å². The van der Waals surface area contributed by atoms with E-state index in [0.29, 0.717) is 28.0 Å². The molecule has 0 saturated heterocycles. The molecule has 0 bridgehead atoms. The van der Waals surface area contributed by atoms with Crippen molar-refractivity contribution in [3.63, 3.8) is 0 Å². The number of thiophene rings is 2. The lowest BCUT2D eigenvalue weighted by atomic mass is 10.1. The fourth-order valence-electron chi connectivity index (χ4n) is 2.80. The maximum Gasteiger partial charge on any atom is 0.304 e. The molecule has 0 saturated carbocycles. The summed E-state index contributed by atoms with van der Waals surface area (Å²) in [5.41, 5.74) is 1.49. The summed E-state index contributed by atoms with van der Waals surface area (Å²) in [4.78, 5) is 19.3. The second-order valence-corrected chi connectivity index (χ2v) is 11.3. The summed E-state index contributed by atoms with van der Waals surface area (Å²) in [5.74, 6) is -0.657. The summed E-state index contributed by atoms with van der Waals surface area (Å²) in [6.45, 7) is 2.33. The van der Waals surface area contributed by atoms with E-state index < -0.39 is 16.1 Å². The van der Waals surface area contributed by atoms with Gasteiger partial charge in [0.1, 0.15) is 9.88 Å². The molecule has 0 fully saturated rings. The molecule has 0 spiro atoms. The van der Waals surface area contributed by atoms with Gasteiger partial charge < -0.3 is 0 Å². The fraction of sp³-hybridized carbons (Fsp3) is 0.250. The smallest absolute Gasteiger partial charge is 0.267 e. The highest BCUT2D eigenvalue weighted by Gasteiger charge is 2.30. The minimum absolute atomic E-state index is 0.280. The molecule has 4 rings (SSSR count). The van der Waals surface area contributed by atoms with Crippen molar-refractivity contribution in [2.24, 2.45) is 0 Å². The normalized spacial score (nSPS) is 14.9. The van der Waals surface area contributed by atoms with E-state index in [0.717, 1.165) is 21.8 Å². The minimum atomic E-state index is -3.92. The number of hydrogen-bond acceptors (Lipinski definition) is 7. The number of nitrogens with one attached hydrogen (secondary N) is 1. The molecule has 0 atom stereocenters. The van der Waals surface area contributed by atoms with Gasteiger partial charge in [0.05, 0.1) is 14.9 Å². The minimum Gasteiger partial charge on any atom is -0.267 e. The Labute approximate surface area is 173 Å². The van der Waals surface area contributed by atoms with Crippen molar-refractivity contribution in [1.29, 1.82) is 0 Å². The molecule has 0 unspecified atom stereocenters. The Balaban J connectivity index is 1.53. The lowest BCUT2D eigenvalue weighted by Gasteiger charge is -2.25. The van der Waals surface area contributed by atoms with Gasteiger partial charge in [-0.3, -0.25) is 4.79 Å². The van der Waals surface area contributed by atoms with Gasteiger partial charge in [-0.15, -0.1) is 34.0 Å². The summed E-state index contributed by atoms with van der Waals surface area (Å²) >= 11 is 10.1. The Hall–Kier alpha value is -1.30. The molecule has 142 valence electrons. The van der Waals surface area contributed by atoms with Gasteiger partial charge in [-0.25, -0.2) is 9.71 Å². The van der Waals surface area contributed by atoms with Crippen LogP contribution in [0.1, 0.15) is 25.8 Å². The predicted molar refractivity (Wildman–Crippen MR) is 110 cm³/mol. The van der Waals surface area contributed by atoms with E-state index in [2.05, 4.69) is 9.71 Å². The zero-order valence-electron chi connectivity index (χ0n) is 14.1. The molecule has 3 aromatic heterocycles. The molecule has 27 heavy (non-hydrogen) atoms. The van der Waals surface area contributed by atoms with Gasteiger partial charge in [0.25, 0.3) is 5.91 Å². The Morgan fingerprint density at radius 3 is 2.85 bits per heavy atom. The topological polar surface area (TPSA) is 79.4 Å². The van der Waals surface area contributed by atoms with E-state index in [1.54, 1.807) is 24.3 Å². The molecule has 3 aromatic rings. The van der Waals surface area contributed by atoms with Crippen LogP contribution in [0.25, 0.3) is 9.88 Å². The van der Waals surface area contributed by atoms with E-state index in [-0.39, 0.29) is 11.4 Å². The second-order valence-electron chi connectivity index (χ2n) is 5.93. The van der Waals surface area contributed by atoms with Crippen LogP contribution in [0.4, 0.5) is 0 Å². The molecule has 1 N–H and O–H groups in total. The molecule has 1 aliphatic rings. The van der Waals surface area contributed by atoms with Gasteiger partial charge in [-0.2, -0.15) is 12.7 Å². The fourth-order valence-corrected chi connectivity index (χ4v) is 6.92. The zero-order chi connectivity index (χ0) is 19.2. The number of aryl methyl sites for hydroxylation is 1. The van der Waals surface area contributed by atoms with Crippen LogP contribution < -0.4 is 4.72 Å². The van der Waals surface area contributed by atoms with Crippen LogP contribution in [0.15, 0.2) is 23.6 Å². The van der Waals surface area contributed by atoms with Crippen LogP contribution in [-0.2, 0) is 23.2 Å². The van der Waals surface area contributed by atoms with Crippen LogP contribution >= 0.6 is 45.6 Å². The van der Waals surface area contributed by atoms with Crippen molar-refractivity contribution in [1.82, 2.24) is 14.0 Å². The van der Waals surface area contributed by atoms with E-state index in [4.69, 9.17) is 11.6 Å². The summed E-state index contributed by atoms with van der Waals surface area (Å²) in [7, 11) is -3.92. The van der Waals surface area contributed by atoms with Gasteiger partial charge in [0.15, 0.2) is 0 Å². The van der Waals surface area contributed by atoms with Gasteiger partial charge in [0.2, 0.25) is 0 Å². The molecule has 4 heterocycles. The molecule has 1 amide bonds. The third kappa shape index (κ3) is 3.82. The summed E-state index contributed by atoms with van der Waals surface area (Å²) < 4.78 is 29.4. The highest BCUT2D eigenvalue weighted by Crippen LogP contribution is 2.35. The molecule has 6 nitrogen and oxygen atoms in total. The second kappa shape index (κ2) is 7.26. The number of hydrogen-bond donors (Lipinski definition) is 1. The maximum absolute atomic E-state index is 12.7. The molecule has 1 aliphatic heterocycles. The standard InChI is InChI=1S/C16H14ClN3O3S4/c1-9-14(26-16(18-9)12-2-3-13(17)25-12)15(21)19-27(22,23)20-6-4-11-10(8-20)5-7-24-11/h2-3,5,7H,4,6,8H2,1H3,(H,19,21). The molecular formula is C16H14ClN3O3S4. The Morgan fingerprint density at radius 2 is 2.11 bits per heavy atom. The lowest BCUT2D eigenvalue weighted by Crippen LogP contribution is -2.45. The number of carbonyl (C=O) groups is 1. The molecule has 11 heteroatoms. The summed E-state index contributed by atoms with van der Waals surface area (Å²) in [6, 6.07) is 5.52. The third-order valence-electron chi connectivity index (χ3n) is 4.12. The van der Waals surface area contributed by atoms with Gasteiger partial charge in [0, 0.05) is 18.0 Å². The SMILES string of the molecule is Cc1nc(-c2ccc(Cl)s2)sc1C(=O)NS(=O)(=O)N1CCc2sccc2C1. The van der Waals surface area contributed by atoms with Crippen molar-refractivity contribution in [2.75, 3.05) is 6.54 Å². The van der Waals surface area contributed by atoms with Gasteiger partial charge in [-0.1, -0.05) is 11.6 Å². The Bertz CT molecular complexity index is 1120. The number of amides is 1. The number of rotatable bonds is 4. The van der Waals surface area contributed by atoms with Crippen LogP contribution in [0.5, 0.6) is 0 Å². The number of halogens is 1. The summed E-state index contributed by atoms with van der Waals surface area (Å²) in [5, 5.41) is 2.60. The van der Waals surface area contributed by atoms with Crippen molar-refractivity contribution < 1.29 is 13.2 Å². The first kappa shape index (κ1) is 19.0. The lowest BCUT2D eigenvalue weighted by molar-refractivity contribution is 0.0982. The average molecular weight is 460 g/mol. The number of nitrogens with zero attached hydrogens (tertiary/aromatic N) is 2. The number of carbonyl (C=O) groups excluding carboxylic acids is 1. The van der Waals surface area contributed by atoms with E-state index >= 15 is 0 Å². The number of aromatic nitrogens is 1. The quantitative estimate of drug-likeness (QED) is 0.641. The van der Waals surface area contributed by atoms with Gasteiger partial charge >= 0.3 is 10.2 Å². The Kier molecular flexibility index (Phi) is 5.12. The van der Waals surface area contributed by atoms with E-state index in [9.17, 15) is 13.2 Å². The average Bonchev–Trinajstić information content (AvgIpc) is 3.32. The third-order valence-corrected chi connectivity index (χ3v) is 9.14. The number of thiazole rings is 1. The maximum atomic E-state index is 12.7. The molecule has 0 aliphatic carbocycles. The van der Waals surface area contributed by atoms with E-state index in [1.807, 2.05) is 17.5 Å². The first-order chi connectivity index (χ1) is 12.8. The van der Waals surface area contributed by atoms with Crippen LogP contribution in [0.3, 0.4) is 0 Å². The van der Waals surface area contributed by atoms with Gasteiger partial charge in [-0.05, 0) is 42.5 Å². The summed E-state index contributed by atoms with van der Waals surface area (Å²) in [6.07, 6.45) is 0.658. The predicted octanol–water partition coefficient (Wildman–Crippen LogP) is 3.93. The Morgan fingerprint density at radius 1 is 1.30 bits per heavy atom. The first-order valence-electron chi connectivity index (χ1n) is 7.94. The largest absolute Gasteiger partial charge is 0.304 e. The van der Waals surface area contributed by atoms with E-state index in [1.165, 1.54) is 20.5 Å². The van der Waals surface area contributed by atoms with Crippen LogP contribution in [-0.4, -0.2) is 30.2 Å². The monoisotopic (exact) mass is 459 g/mol. The highest BCUT2D eigenvalue weighted by molar-refractivity contribution is 7.87. The first-order valence-corrected chi connectivity index (χ1v) is 12.3. The van der Waals surface area contributed by atoms with Crippen LogP contribution in [0, 0.1) is 6.92 Å². The van der Waals surface area contributed by atoms with Crippen molar-refractivity contribution in [3.05, 3.63) is 48.9 Å². The number of fused-ring (bicyclic) bond motifs is 1. The van der Waals surface area contributed by atoms with Crippen molar-refractivity contribution in [2.45, 2.75) is 19.9 Å².